The highest BCUT2D eigenvalue weighted by Gasteiger charge is 2.41. The van der Waals surface area contributed by atoms with E-state index in [1.165, 1.54) is 17.5 Å². The molecule has 0 bridgehead atoms. The second-order valence-electron chi connectivity index (χ2n) is 13.9. The molecule has 2 aromatic carbocycles. The number of aryl methyl sites for hydroxylation is 1. The van der Waals surface area contributed by atoms with Crippen LogP contribution in [-0.2, 0) is 32.1 Å². The lowest BCUT2D eigenvalue weighted by atomic mass is 9.87. The molecular formula is C36H51N5O5. The van der Waals surface area contributed by atoms with E-state index in [0.29, 0.717) is 26.2 Å². The van der Waals surface area contributed by atoms with Crippen molar-refractivity contribution in [1.29, 1.82) is 0 Å². The zero-order valence-corrected chi connectivity index (χ0v) is 28.4. The maximum atomic E-state index is 14.3. The number of fused-ring (bicyclic) bond motifs is 1. The first-order valence-corrected chi connectivity index (χ1v) is 16.5. The van der Waals surface area contributed by atoms with E-state index in [0.717, 1.165) is 30.4 Å². The lowest BCUT2D eigenvalue weighted by molar-refractivity contribution is -0.148. The van der Waals surface area contributed by atoms with E-state index in [9.17, 15) is 19.2 Å². The van der Waals surface area contributed by atoms with Crippen LogP contribution in [0.2, 0.25) is 0 Å². The molecule has 0 spiro atoms. The summed E-state index contributed by atoms with van der Waals surface area (Å²) in [5.74, 6) is -1.23. The molecule has 1 fully saturated rings. The predicted molar refractivity (Wildman–Crippen MR) is 178 cm³/mol. The van der Waals surface area contributed by atoms with Gasteiger partial charge in [-0.1, -0.05) is 68.4 Å². The van der Waals surface area contributed by atoms with Gasteiger partial charge in [0, 0.05) is 33.2 Å². The van der Waals surface area contributed by atoms with Gasteiger partial charge < -0.3 is 20.3 Å². The van der Waals surface area contributed by atoms with Gasteiger partial charge in [-0.25, -0.2) is 4.79 Å². The first kappa shape index (κ1) is 34.9. The molecule has 4 atom stereocenters. The van der Waals surface area contributed by atoms with Gasteiger partial charge in [0.05, 0.1) is 6.04 Å². The number of carbonyl (C=O) groups excluding carboxylic acids is 4. The lowest BCUT2D eigenvalue weighted by Gasteiger charge is -2.43. The summed E-state index contributed by atoms with van der Waals surface area (Å²) in [6.45, 7) is 12.6. The minimum Gasteiger partial charge on any atom is -0.444 e. The van der Waals surface area contributed by atoms with Crippen molar-refractivity contribution in [3.05, 3.63) is 71.3 Å². The number of nitrogens with zero attached hydrogens (tertiary/aromatic N) is 3. The Hall–Kier alpha value is -3.92. The molecular weight excluding hydrogens is 582 g/mol. The molecule has 4 rings (SSSR count). The average Bonchev–Trinajstić information content (AvgIpc) is 3.02. The number of hydrogen-bond donors (Lipinski definition) is 2. The van der Waals surface area contributed by atoms with Crippen LogP contribution in [0, 0.1) is 5.92 Å². The number of hydrogen-bond acceptors (Lipinski definition) is 6. The molecule has 0 saturated carbocycles. The number of amides is 4. The molecule has 2 aromatic rings. The zero-order valence-electron chi connectivity index (χ0n) is 28.4. The van der Waals surface area contributed by atoms with Gasteiger partial charge in [-0.15, -0.1) is 0 Å². The first-order chi connectivity index (χ1) is 21.7. The van der Waals surface area contributed by atoms with Crippen molar-refractivity contribution in [2.24, 2.45) is 5.92 Å². The second-order valence-corrected chi connectivity index (χ2v) is 13.9. The van der Waals surface area contributed by atoms with Crippen LogP contribution in [0.1, 0.15) is 77.1 Å². The van der Waals surface area contributed by atoms with Crippen molar-refractivity contribution in [3.63, 3.8) is 0 Å². The monoisotopic (exact) mass is 633 g/mol. The quantitative estimate of drug-likeness (QED) is 0.427. The van der Waals surface area contributed by atoms with Crippen LogP contribution in [0.5, 0.6) is 0 Å². The summed E-state index contributed by atoms with van der Waals surface area (Å²) in [6, 6.07) is 15.7. The fourth-order valence-electron chi connectivity index (χ4n) is 6.12. The third-order valence-electron chi connectivity index (χ3n) is 8.86. The average molecular weight is 634 g/mol. The molecule has 46 heavy (non-hydrogen) atoms. The van der Waals surface area contributed by atoms with Gasteiger partial charge in [0.1, 0.15) is 23.7 Å². The van der Waals surface area contributed by atoms with Gasteiger partial charge in [-0.2, -0.15) is 0 Å². The van der Waals surface area contributed by atoms with Crippen LogP contribution in [0.25, 0.3) is 0 Å². The van der Waals surface area contributed by atoms with Gasteiger partial charge in [0.25, 0.3) is 0 Å². The fourth-order valence-corrected chi connectivity index (χ4v) is 6.12. The highest BCUT2D eigenvalue weighted by Crippen LogP contribution is 2.30. The van der Waals surface area contributed by atoms with Crippen LogP contribution in [0.3, 0.4) is 0 Å². The molecule has 1 heterocycles. The number of likely N-dealkylation sites (N-methyl/N-ethyl adjacent to an activating group) is 1. The van der Waals surface area contributed by atoms with Crippen LogP contribution in [0.15, 0.2) is 54.6 Å². The van der Waals surface area contributed by atoms with Gasteiger partial charge >= 0.3 is 6.09 Å². The summed E-state index contributed by atoms with van der Waals surface area (Å²) in [5.41, 5.74) is 2.80. The molecule has 1 saturated heterocycles. The molecule has 0 aromatic heterocycles. The number of nitrogens with one attached hydrogen (secondary N) is 2. The fraction of sp³-hybridized carbons (Fsp3) is 0.556. The predicted octanol–water partition coefficient (Wildman–Crippen LogP) is 4.29. The van der Waals surface area contributed by atoms with Crippen molar-refractivity contribution < 1.29 is 23.9 Å². The standard InChI is InChI=1S/C36H51N5O5/c1-24(2)31(38-32(42)25(3)39(7)35(45)46-36(4,5)6)34(44)41-21-20-40(22-26-14-9-8-10-15-26)23-30(41)33(43)37-29-19-13-17-27-16-11-12-18-28(27)29/h8-12,14-16,18,24-25,29-31H,13,17,19-23H2,1-7H3,(H,37,43)(H,38,42). The Morgan fingerprint density at radius 1 is 0.978 bits per heavy atom. The van der Waals surface area contributed by atoms with Crippen molar-refractivity contribution in [3.8, 4) is 0 Å². The summed E-state index contributed by atoms with van der Waals surface area (Å²) in [4.78, 5) is 59.5. The van der Waals surface area contributed by atoms with E-state index < -0.39 is 35.7 Å². The molecule has 10 nitrogen and oxygen atoms in total. The molecule has 4 amide bonds. The Labute approximate surface area is 273 Å². The van der Waals surface area contributed by atoms with E-state index in [-0.39, 0.29) is 23.8 Å². The molecule has 0 radical (unpaired) electrons. The highest BCUT2D eigenvalue weighted by atomic mass is 16.6. The third-order valence-corrected chi connectivity index (χ3v) is 8.86. The zero-order chi connectivity index (χ0) is 33.6. The maximum Gasteiger partial charge on any atom is 0.410 e. The van der Waals surface area contributed by atoms with Gasteiger partial charge in [-0.05, 0) is 69.6 Å². The van der Waals surface area contributed by atoms with E-state index >= 15 is 0 Å². The van der Waals surface area contributed by atoms with E-state index in [1.807, 2.05) is 44.2 Å². The Morgan fingerprint density at radius 3 is 2.33 bits per heavy atom. The molecule has 250 valence electrons. The first-order valence-electron chi connectivity index (χ1n) is 16.5. The largest absolute Gasteiger partial charge is 0.444 e. The lowest BCUT2D eigenvalue weighted by Crippen LogP contribution is -2.65. The minimum absolute atomic E-state index is 0.122. The molecule has 1 aliphatic carbocycles. The number of piperazine rings is 1. The topological polar surface area (TPSA) is 111 Å². The van der Waals surface area contributed by atoms with Crippen molar-refractivity contribution in [2.45, 2.75) is 97.1 Å². The van der Waals surface area contributed by atoms with Crippen molar-refractivity contribution in [1.82, 2.24) is 25.3 Å². The van der Waals surface area contributed by atoms with Crippen LogP contribution in [-0.4, -0.2) is 88.9 Å². The smallest absolute Gasteiger partial charge is 0.410 e. The molecule has 4 unspecified atom stereocenters. The van der Waals surface area contributed by atoms with Gasteiger partial charge in [0.2, 0.25) is 17.7 Å². The number of rotatable bonds is 9. The van der Waals surface area contributed by atoms with E-state index in [1.54, 1.807) is 32.6 Å². The van der Waals surface area contributed by atoms with Crippen LogP contribution in [0.4, 0.5) is 4.79 Å². The van der Waals surface area contributed by atoms with Crippen LogP contribution >= 0.6 is 0 Å². The molecule has 2 aliphatic rings. The van der Waals surface area contributed by atoms with E-state index in [4.69, 9.17) is 4.74 Å². The second kappa shape index (κ2) is 15.1. The third kappa shape index (κ3) is 8.87. The number of carbonyl (C=O) groups is 4. The Bertz CT molecular complexity index is 1370. The Kier molecular flexibility index (Phi) is 11.5. The Balaban J connectivity index is 1.53. The van der Waals surface area contributed by atoms with Crippen molar-refractivity contribution >= 4 is 23.8 Å². The summed E-state index contributed by atoms with van der Waals surface area (Å²) in [6.07, 6.45) is 2.18. The minimum atomic E-state index is -0.881. The molecule has 2 N–H and O–H groups in total. The van der Waals surface area contributed by atoms with Gasteiger partial charge in [-0.3, -0.25) is 24.2 Å². The SMILES string of the molecule is CC(C)C(NC(=O)C(C)N(C)C(=O)OC(C)(C)C)C(=O)N1CCN(Cc2ccccc2)CC1C(=O)NC1CCCc2ccccc21. The number of ether oxygens (including phenoxy) is 1. The summed E-state index contributed by atoms with van der Waals surface area (Å²) >= 11 is 0. The highest BCUT2D eigenvalue weighted by molar-refractivity contribution is 5.94. The number of benzene rings is 2. The summed E-state index contributed by atoms with van der Waals surface area (Å²) in [7, 11) is 1.50. The van der Waals surface area contributed by atoms with Gasteiger partial charge in [0.15, 0.2) is 0 Å². The normalized spacial score (nSPS) is 19.9. The van der Waals surface area contributed by atoms with Crippen LogP contribution < -0.4 is 10.6 Å². The van der Waals surface area contributed by atoms with E-state index in [2.05, 4.69) is 39.8 Å². The summed E-state index contributed by atoms with van der Waals surface area (Å²) in [5, 5.41) is 6.17. The maximum absolute atomic E-state index is 14.3. The molecule has 1 aliphatic heterocycles. The Morgan fingerprint density at radius 2 is 1.65 bits per heavy atom. The molecule has 10 heteroatoms. The summed E-state index contributed by atoms with van der Waals surface area (Å²) < 4.78 is 5.43. The van der Waals surface area contributed by atoms with Crippen molar-refractivity contribution in [2.75, 3.05) is 26.7 Å².